The van der Waals surface area contributed by atoms with Crippen molar-refractivity contribution < 1.29 is 5.11 Å². The number of hydrogen-bond donors (Lipinski definition) is 1. The van der Waals surface area contributed by atoms with E-state index < -0.39 is 6.10 Å². The van der Waals surface area contributed by atoms with Crippen molar-refractivity contribution in [2.24, 2.45) is 0 Å². The minimum Gasteiger partial charge on any atom is -0.386 e. The highest BCUT2D eigenvalue weighted by atomic mass is 16.3. The summed E-state index contributed by atoms with van der Waals surface area (Å²) in [6.45, 7) is 4.32. The number of aliphatic hydroxyl groups excluding tert-OH is 1. The van der Waals surface area contributed by atoms with Gasteiger partial charge in [-0.15, -0.1) is 0 Å². The van der Waals surface area contributed by atoms with E-state index >= 15 is 0 Å². The molecule has 0 aliphatic rings. The molecule has 5 heteroatoms. The Morgan fingerprint density at radius 2 is 1.75 bits per heavy atom. The Morgan fingerprint density at radius 1 is 0.964 bits per heavy atom. The van der Waals surface area contributed by atoms with E-state index in [1.165, 1.54) is 0 Å². The Morgan fingerprint density at radius 3 is 2.57 bits per heavy atom. The van der Waals surface area contributed by atoms with E-state index in [2.05, 4.69) is 27.2 Å². The molecule has 0 saturated heterocycles. The molecule has 140 valence electrons. The first-order valence-electron chi connectivity index (χ1n) is 9.27. The van der Waals surface area contributed by atoms with Gasteiger partial charge in [-0.05, 0) is 37.1 Å². The average Bonchev–Trinajstić information content (AvgIpc) is 3.19. The van der Waals surface area contributed by atoms with Gasteiger partial charge in [0, 0.05) is 23.5 Å². The van der Waals surface area contributed by atoms with Crippen LogP contribution in [-0.2, 0) is 6.54 Å². The van der Waals surface area contributed by atoms with Crippen molar-refractivity contribution in [3.63, 3.8) is 0 Å². The molecule has 0 saturated carbocycles. The van der Waals surface area contributed by atoms with Crippen LogP contribution in [0.25, 0.3) is 22.5 Å². The van der Waals surface area contributed by atoms with Crippen LogP contribution in [0.3, 0.4) is 0 Å². The lowest BCUT2D eigenvalue weighted by Gasteiger charge is -2.11. The van der Waals surface area contributed by atoms with Crippen LogP contribution in [0.2, 0.25) is 0 Å². The predicted octanol–water partition coefficient (Wildman–Crippen LogP) is 4.36. The minimum absolute atomic E-state index is 0.411. The first-order chi connectivity index (χ1) is 13.6. The fraction of sp³-hybridized carbons (Fsp3) is 0.174. The topological polar surface area (TPSA) is 63.8 Å². The molecule has 0 bridgehead atoms. The van der Waals surface area contributed by atoms with Crippen LogP contribution < -0.4 is 0 Å². The monoisotopic (exact) mass is 370 g/mol. The molecule has 0 unspecified atom stereocenters. The highest BCUT2D eigenvalue weighted by Gasteiger charge is 2.11. The molecule has 2 heterocycles. The van der Waals surface area contributed by atoms with Crippen LogP contribution in [0.5, 0.6) is 0 Å². The zero-order valence-corrected chi connectivity index (χ0v) is 15.9. The summed E-state index contributed by atoms with van der Waals surface area (Å²) in [4.78, 5) is 8.84. The van der Waals surface area contributed by atoms with Crippen LogP contribution in [0.4, 0.5) is 0 Å². The molecule has 0 radical (unpaired) electrons. The Kier molecular flexibility index (Phi) is 5.00. The van der Waals surface area contributed by atoms with Crippen molar-refractivity contribution in [2.75, 3.05) is 0 Å². The molecule has 0 aliphatic carbocycles. The summed E-state index contributed by atoms with van der Waals surface area (Å²) < 4.78 is 1.78. The van der Waals surface area contributed by atoms with Crippen LogP contribution >= 0.6 is 0 Å². The summed E-state index contributed by atoms with van der Waals surface area (Å²) >= 11 is 0. The molecule has 0 aliphatic heterocycles. The number of aryl methyl sites for hydroxylation is 2. The van der Waals surface area contributed by atoms with Crippen LogP contribution in [-0.4, -0.2) is 24.9 Å². The third-order valence-electron chi connectivity index (χ3n) is 4.71. The smallest absolute Gasteiger partial charge is 0.125 e. The van der Waals surface area contributed by atoms with Crippen molar-refractivity contribution in [3.8, 4) is 22.5 Å². The van der Waals surface area contributed by atoms with Crippen LogP contribution in [0.1, 0.15) is 23.1 Å². The number of aromatic nitrogens is 4. The maximum Gasteiger partial charge on any atom is 0.125 e. The number of rotatable bonds is 5. The lowest BCUT2D eigenvalue weighted by atomic mass is 10.0. The summed E-state index contributed by atoms with van der Waals surface area (Å²) in [5.41, 5.74) is 5.79. The van der Waals surface area contributed by atoms with Gasteiger partial charge in [0.15, 0.2) is 0 Å². The van der Waals surface area contributed by atoms with E-state index in [9.17, 15) is 5.11 Å². The Balaban J connectivity index is 1.58. The summed E-state index contributed by atoms with van der Waals surface area (Å²) in [6, 6.07) is 19.8. The van der Waals surface area contributed by atoms with Crippen LogP contribution in [0.15, 0.2) is 73.1 Å². The van der Waals surface area contributed by atoms with Crippen LogP contribution in [0, 0.1) is 13.8 Å². The van der Waals surface area contributed by atoms with E-state index in [1.807, 2.05) is 74.8 Å². The highest BCUT2D eigenvalue weighted by molar-refractivity contribution is 5.70. The quantitative estimate of drug-likeness (QED) is 0.567. The SMILES string of the molecule is Cc1ncc(C)c(-c2cccc(-c3ccn(C[C@H](O)c4ccccc4)n3)c2)n1. The molecule has 28 heavy (non-hydrogen) atoms. The van der Waals surface area contributed by atoms with Crippen molar-refractivity contribution >= 4 is 0 Å². The van der Waals surface area contributed by atoms with Crippen molar-refractivity contribution in [1.82, 2.24) is 19.7 Å². The third kappa shape index (κ3) is 3.85. The van der Waals surface area contributed by atoms with E-state index in [4.69, 9.17) is 0 Å². The minimum atomic E-state index is -0.591. The van der Waals surface area contributed by atoms with Crippen molar-refractivity contribution in [2.45, 2.75) is 26.5 Å². The summed E-state index contributed by atoms with van der Waals surface area (Å²) in [6.07, 6.45) is 3.16. The van der Waals surface area contributed by atoms with Gasteiger partial charge in [0.25, 0.3) is 0 Å². The van der Waals surface area contributed by atoms with Gasteiger partial charge in [-0.25, -0.2) is 9.97 Å². The molecule has 4 aromatic rings. The molecule has 4 rings (SSSR count). The molecule has 1 N–H and O–H groups in total. The van der Waals surface area contributed by atoms with E-state index in [1.54, 1.807) is 4.68 Å². The molecule has 0 spiro atoms. The molecule has 5 nitrogen and oxygen atoms in total. The second-order valence-electron chi connectivity index (χ2n) is 6.88. The van der Waals surface area contributed by atoms with Crippen molar-refractivity contribution in [1.29, 1.82) is 0 Å². The first-order valence-corrected chi connectivity index (χ1v) is 9.27. The van der Waals surface area contributed by atoms with Gasteiger partial charge in [0.2, 0.25) is 0 Å². The highest BCUT2D eigenvalue weighted by Crippen LogP contribution is 2.26. The Hall–Kier alpha value is -3.31. The van der Waals surface area contributed by atoms with Gasteiger partial charge in [-0.1, -0.05) is 48.5 Å². The third-order valence-corrected chi connectivity index (χ3v) is 4.71. The molecule has 0 fully saturated rings. The van der Waals surface area contributed by atoms with Gasteiger partial charge >= 0.3 is 0 Å². The number of hydrogen-bond acceptors (Lipinski definition) is 4. The molecular formula is C23H22N4O. The normalized spacial score (nSPS) is 12.1. The maximum absolute atomic E-state index is 10.4. The fourth-order valence-corrected chi connectivity index (χ4v) is 3.22. The van der Waals surface area contributed by atoms with Gasteiger partial charge < -0.3 is 5.11 Å². The zero-order valence-electron chi connectivity index (χ0n) is 15.9. The predicted molar refractivity (Wildman–Crippen MR) is 110 cm³/mol. The average molecular weight is 370 g/mol. The van der Waals surface area contributed by atoms with Gasteiger partial charge in [0.05, 0.1) is 24.0 Å². The van der Waals surface area contributed by atoms with Gasteiger partial charge in [-0.2, -0.15) is 5.10 Å². The molecule has 2 aromatic carbocycles. The molecule has 2 aromatic heterocycles. The van der Waals surface area contributed by atoms with E-state index in [0.29, 0.717) is 6.54 Å². The molecule has 1 atom stereocenters. The second-order valence-corrected chi connectivity index (χ2v) is 6.88. The maximum atomic E-state index is 10.4. The zero-order chi connectivity index (χ0) is 19.5. The van der Waals surface area contributed by atoms with E-state index in [-0.39, 0.29) is 0 Å². The first kappa shape index (κ1) is 18.1. The number of benzene rings is 2. The lowest BCUT2D eigenvalue weighted by Crippen LogP contribution is -2.09. The standard InChI is InChI=1S/C23H22N4O/c1-16-14-24-17(2)25-23(16)20-10-6-9-19(13-20)21-11-12-27(26-21)15-22(28)18-7-4-3-5-8-18/h3-14,22,28H,15H2,1-2H3/t22-/m0/s1. The summed E-state index contributed by atoms with van der Waals surface area (Å²) in [5, 5.41) is 15.1. The molecule has 0 amide bonds. The summed E-state index contributed by atoms with van der Waals surface area (Å²) in [5.74, 6) is 0.755. The van der Waals surface area contributed by atoms with Gasteiger partial charge in [0.1, 0.15) is 5.82 Å². The van der Waals surface area contributed by atoms with Crippen molar-refractivity contribution in [3.05, 3.63) is 90.0 Å². The Bertz CT molecular complexity index is 1090. The number of aliphatic hydroxyl groups is 1. The van der Waals surface area contributed by atoms with Gasteiger partial charge in [-0.3, -0.25) is 4.68 Å². The summed E-state index contributed by atoms with van der Waals surface area (Å²) in [7, 11) is 0. The Labute approximate surface area is 164 Å². The largest absolute Gasteiger partial charge is 0.386 e. The second kappa shape index (κ2) is 7.74. The number of nitrogens with zero attached hydrogens (tertiary/aromatic N) is 4. The van der Waals surface area contributed by atoms with E-state index in [0.717, 1.165) is 39.5 Å². The lowest BCUT2D eigenvalue weighted by molar-refractivity contribution is 0.151. The fourth-order valence-electron chi connectivity index (χ4n) is 3.22. The molecular weight excluding hydrogens is 348 g/mol.